The van der Waals surface area contributed by atoms with Crippen LogP contribution in [0.3, 0.4) is 0 Å². The van der Waals surface area contributed by atoms with Gasteiger partial charge in [-0.15, -0.1) is 0 Å². The van der Waals surface area contributed by atoms with E-state index in [0.717, 1.165) is 12.8 Å². The van der Waals surface area contributed by atoms with Crippen molar-refractivity contribution in [3.63, 3.8) is 0 Å². The minimum absolute atomic E-state index is 0.00139. The molecule has 0 aromatic rings. The number of ether oxygens (including phenoxy) is 1. The number of amides is 2. The van der Waals surface area contributed by atoms with Gasteiger partial charge in [-0.2, -0.15) is 0 Å². The lowest BCUT2D eigenvalue weighted by Gasteiger charge is -2.43. The average Bonchev–Trinajstić information content (AvgIpc) is 2.48. The summed E-state index contributed by atoms with van der Waals surface area (Å²) in [5.41, 5.74) is 0. The van der Waals surface area contributed by atoms with Crippen molar-refractivity contribution in [2.45, 2.75) is 31.8 Å². The molecule has 2 saturated heterocycles. The highest BCUT2D eigenvalue weighted by molar-refractivity contribution is 5.85. The van der Waals surface area contributed by atoms with Gasteiger partial charge in [-0.05, 0) is 19.9 Å². The molecule has 2 aliphatic heterocycles. The Labute approximate surface area is 101 Å². The molecule has 2 heterocycles. The first kappa shape index (κ1) is 12.3. The van der Waals surface area contributed by atoms with E-state index in [2.05, 4.69) is 5.32 Å². The lowest BCUT2D eigenvalue weighted by Crippen LogP contribution is -2.61. The molecule has 2 rings (SSSR count). The van der Waals surface area contributed by atoms with Crippen LogP contribution in [0, 0.1) is 0 Å². The van der Waals surface area contributed by atoms with Crippen molar-refractivity contribution in [3.05, 3.63) is 0 Å². The second-order valence-electron chi connectivity index (χ2n) is 4.50. The maximum atomic E-state index is 12.3. The van der Waals surface area contributed by atoms with E-state index in [0.29, 0.717) is 19.8 Å². The lowest BCUT2D eigenvalue weighted by atomic mass is 10.1. The summed E-state index contributed by atoms with van der Waals surface area (Å²) in [5, 5.41) is 6.08. The third-order valence-electron chi connectivity index (χ3n) is 3.34. The van der Waals surface area contributed by atoms with Crippen LogP contribution in [-0.2, 0) is 14.3 Å². The van der Waals surface area contributed by atoms with E-state index < -0.39 is 0 Å². The summed E-state index contributed by atoms with van der Waals surface area (Å²) in [6.45, 7) is 2.99. The van der Waals surface area contributed by atoms with Crippen molar-refractivity contribution in [1.82, 2.24) is 15.3 Å². The standard InChI is InChI=1S/C11H19N3O3/c1-8(15)13-5-3-4-9-6-17-7-10(12-2)11(16)14(9)13/h9-10,12H,3-7H2,1-2H3. The first-order valence-corrected chi connectivity index (χ1v) is 6.01. The zero-order chi connectivity index (χ0) is 12.4. The van der Waals surface area contributed by atoms with Gasteiger partial charge < -0.3 is 10.1 Å². The Morgan fingerprint density at radius 2 is 2.24 bits per heavy atom. The van der Waals surface area contributed by atoms with Crippen molar-refractivity contribution in [1.29, 1.82) is 0 Å². The largest absolute Gasteiger partial charge is 0.377 e. The quantitative estimate of drug-likeness (QED) is 0.663. The van der Waals surface area contributed by atoms with Crippen LogP contribution in [-0.4, -0.2) is 60.7 Å². The van der Waals surface area contributed by atoms with E-state index in [9.17, 15) is 9.59 Å². The summed E-state index contributed by atoms with van der Waals surface area (Å²) in [6.07, 6.45) is 1.81. The predicted octanol–water partition coefficient (Wildman–Crippen LogP) is -0.641. The molecule has 1 N–H and O–H groups in total. The number of fused-ring (bicyclic) bond motifs is 1. The highest BCUT2D eigenvalue weighted by Crippen LogP contribution is 2.22. The van der Waals surface area contributed by atoms with Gasteiger partial charge in [0.25, 0.3) is 5.91 Å². The Morgan fingerprint density at radius 1 is 1.47 bits per heavy atom. The topological polar surface area (TPSA) is 61.9 Å². The number of hydrogen-bond donors (Lipinski definition) is 1. The van der Waals surface area contributed by atoms with Crippen molar-refractivity contribution in [2.75, 3.05) is 26.8 Å². The smallest absolute Gasteiger partial charge is 0.261 e. The second-order valence-corrected chi connectivity index (χ2v) is 4.50. The maximum absolute atomic E-state index is 12.3. The van der Waals surface area contributed by atoms with Crippen LogP contribution in [0.2, 0.25) is 0 Å². The molecule has 0 aromatic heterocycles. The first-order valence-electron chi connectivity index (χ1n) is 6.01. The second kappa shape index (κ2) is 5.01. The molecule has 0 bridgehead atoms. The zero-order valence-electron chi connectivity index (χ0n) is 10.3. The summed E-state index contributed by atoms with van der Waals surface area (Å²) in [6, 6.07) is -0.363. The van der Waals surface area contributed by atoms with Gasteiger partial charge in [0.2, 0.25) is 5.91 Å². The van der Waals surface area contributed by atoms with Gasteiger partial charge in [0.1, 0.15) is 6.04 Å². The van der Waals surface area contributed by atoms with E-state index in [1.54, 1.807) is 17.1 Å². The fraction of sp³-hybridized carbons (Fsp3) is 0.818. The molecule has 0 radical (unpaired) electrons. The third kappa shape index (κ3) is 2.28. The van der Waals surface area contributed by atoms with Crippen molar-refractivity contribution < 1.29 is 14.3 Å². The van der Waals surface area contributed by atoms with E-state index in [4.69, 9.17) is 4.74 Å². The zero-order valence-corrected chi connectivity index (χ0v) is 10.3. The Morgan fingerprint density at radius 3 is 2.88 bits per heavy atom. The summed E-state index contributed by atoms with van der Waals surface area (Å²) in [7, 11) is 1.73. The van der Waals surface area contributed by atoms with Gasteiger partial charge in [0, 0.05) is 13.5 Å². The van der Waals surface area contributed by atoms with Gasteiger partial charge in [-0.3, -0.25) is 14.6 Å². The Hall–Kier alpha value is -1.14. The average molecular weight is 241 g/mol. The molecule has 96 valence electrons. The molecule has 0 spiro atoms. The molecule has 6 heteroatoms. The number of hydrazine groups is 1. The molecule has 0 saturated carbocycles. The molecule has 2 fully saturated rings. The molecular weight excluding hydrogens is 222 g/mol. The molecule has 0 aliphatic carbocycles. The SMILES string of the molecule is CNC1COCC2CCCN(C(C)=O)N2C1=O. The van der Waals surface area contributed by atoms with Crippen LogP contribution >= 0.6 is 0 Å². The molecule has 2 unspecified atom stereocenters. The Kier molecular flexibility index (Phi) is 3.63. The van der Waals surface area contributed by atoms with Gasteiger partial charge >= 0.3 is 0 Å². The normalized spacial score (nSPS) is 29.9. The Bertz CT molecular complexity index is 321. The fourth-order valence-electron chi connectivity index (χ4n) is 2.43. The van der Waals surface area contributed by atoms with E-state index in [-0.39, 0.29) is 23.9 Å². The monoisotopic (exact) mass is 241 g/mol. The minimum Gasteiger partial charge on any atom is -0.377 e. The number of likely N-dealkylation sites (N-methyl/N-ethyl adjacent to an activating group) is 1. The van der Waals surface area contributed by atoms with Crippen LogP contribution < -0.4 is 5.32 Å². The molecule has 6 nitrogen and oxygen atoms in total. The number of carbonyl (C=O) groups excluding carboxylic acids is 2. The number of nitrogens with one attached hydrogen (secondary N) is 1. The summed E-state index contributed by atoms with van der Waals surface area (Å²) < 4.78 is 5.50. The first-order chi connectivity index (χ1) is 8.15. The third-order valence-corrected chi connectivity index (χ3v) is 3.34. The Balaban J connectivity index is 2.24. The van der Waals surface area contributed by atoms with Crippen LogP contribution in [0.5, 0.6) is 0 Å². The molecular formula is C11H19N3O3. The van der Waals surface area contributed by atoms with Gasteiger partial charge in [0.05, 0.1) is 19.3 Å². The maximum Gasteiger partial charge on any atom is 0.261 e. The van der Waals surface area contributed by atoms with Crippen molar-refractivity contribution >= 4 is 11.8 Å². The van der Waals surface area contributed by atoms with Crippen LogP contribution in [0.15, 0.2) is 0 Å². The minimum atomic E-state index is -0.361. The van der Waals surface area contributed by atoms with Crippen molar-refractivity contribution in [3.8, 4) is 0 Å². The van der Waals surface area contributed by atoms with Crippen LogP contribution in [0.4, 0.5) is 0 Å². The summed E-state index contributed by atoms with van der Waals surface area (Å²) >= 11 is 0. The number of hydrogen-bond acceptors (Lipinski definition) is 4. The highest BCUT2D eigenvalue weighted by atomic mass is 16.5. The van der Waals surface area contributed by atoms with Gasteiger partial charge in [-0.1, -0.05) is 0 Å². The molecule has 2 amide bonds. The number of nitrogens with zero attached hydrogens (tertiary/aromatic N) is 2. The predicted molar refractivity (Wildman–Crippen MR) is 60.9 cm³/mol. The molecule has 2 atom stereocenters. The molecule has 17 heavy (non-hydrogen) atoms. The van der Waals surface area contributed by atoms with Gasteiger partial charge in [-0.25, -0.2) is 5.01 Å². The van der Waals surface area contributed by atoms with E-state index in [1.165, 1.54) is 6.92 Å². The van der Waals surface area contributed by atoms with Gasteiger partial charge in [0.15, 0.2) is 0 Å². The fourth-order valence-corrected chi connectivity index (χ4v) is 2.43. The van der Waals surface area contributed by atoms with Crippen LogP contribution in [0.25, 0.3) is 0 Å². The van der Waals surface area contributed by atoms with E-state index >= 15 is 0 Å². The van der Waals surface area contributed by atoms with Crippen LogP contribution in [0.1, 0.15) is 19.8 Å². The number of rotatable bonds is 1. The van der Waals surface area contributed by atoms with Crippen molar-refractivity contribution in [2.24, 2.45) is 0 Å². The molecule has 2 aliphatic rings. The summed E-state index contributed by atoms with van der Waals surface area (Å²) in [4.78, 5) is 23.9. The number of carbonyl (C=O) groups is 2. The van der Waals surface area contributed by atoms with E-state index in [1.807, 2.05) is 0 Å². The molecule has 0 aromatic carbocycles. The highest BCUT2D eigenvalue weighted by Gasteiger charge is 2.39. The summed E-state index contributed by atoms with van der Waals surface area (Å²) in [5.74, 6) is -0.148. The lowest BCUT2D eigenvalue weighted by molar-refractivity contribution is -0.174.